The van der Waals surface area contributed by atoms with Crippen molar-refractivity contribution in [2.75, 3.05) is 5.32 Å². The van der Waals surface area contributed by atoms with E-state index in [2.05, 4.69) is 42.2 Å². The van der Waals surface area contributed by atoms with Crippen LogP contribution in [-0.4, -0.2) is 15.8 Å². The second kappa shape index (κ2) is 6.50. The Labute approximate surface area is 140 Å². The first-order valence-electron chi connectivity index (χ1n) is 5.45. The Hall–Kier alpha value is -1.51. The molecular weight excluding hydrogens is 429 g/mol. The fourth-order valence-electron chi connectivity index (χ4n) is 1.50. The third kappa shape index (κ3) is 3.78. The van der Waals surface area contributed by atoms with Crippen LogP contribution in [0, 0.1) is 10.1 Å². The molecule has 0 aliphatic rings. The summed E-state index contributed by atoms with van der Waals surface area (Å²) in [6, 6.07) is 5.50. The maximum atomic E-state index is 12.2. The molecule has 21 heavy (non-hydrogen) atoms. The molecule has 0 saturated heterocycles. The Morgan fingerprint density at radius 1 is 1.33 bits per heavy atom. The number of nitrogens with zero attached hydrogens (tertiary/aromatic N) is 2. The number of aromatic nitrogens is 1. The number of nitro benzene ring substituents is 1. The molecule has 1 N–H and O–H groups in total. The Morgan fingerprint density at radius 2 is 2.05 bits per heavy atom. The second-order valence-corrected chi connectivity index (χ2v) is 6.00. The normalized spacial score (nSPS) is 10.2. The van der Waals surface area contributed by atoms with E-state index in [1.54, 1.807) is 6.07 Å². The SMILES string of the molecule is O=C(Nc1cc(Br)cnc1Cl)c1cc([N+](=O)[O-])ccc1Br. The Morgan fingerprint density at radius 3 is 2.71 bits per heavy atom. The fraction of sp³-hybridized carbons (Fsp3) is 0. The highest BCUT2D eigenvalue weighted by Crippen LogP contribution is 2.26. The molecule has 0 radical (unpaired) electrons. The smallest absolute Gasteiger partial charge is 0.270 e. The van der Waals surface area contributed by atoms with Crippen molar-refractivity contribution < 1.29 is 9.72 Å². The Kier molecular flexibility index (Phi) is 4.92. The quantitative estimate of drug-likeness (QED) is 0.439. The zero-order valence-electron chi connectivity index (χ0n) is 10.1. The average molecular weight is 435 g/mol. The number of carbonyl (C=O) groups excluding carboxylic acids is 1. The summed E-state index contributed by atoms with van der Waals surface area (Å²) in [5, 5.41) is 13.4. The predicted octanol–water partition coefficient (Wildman–Crippen LogP) is 4.42. The van der Waals surface area contributed by atoms with E-state index in [0.29, 0.717) is 14.6 Å². The van der Waals surface area contributed by atoms with Crippen molar-refractivity contribution >= 4 is 60.7 Å². The van der Waals surface area contributed by atoms with Crippen molar-refractivity contribution in [1.82, 2.24) is 4.98 Å². The number of hydrogen-bond acceptors (Lipinski definition) is 4. The van der Waals surface area contributed by atoms with E-state index >= 15 is 0 Å². The average Bonchev–Trinajstić information content (AvgIpc) is 2.43. The molecule has 1 aromatic carbocycles. The highest BCUT2D eigenvalue weighted by atomic mass is 79.9. The molecule has 1 aromatic heterocycles. The molecule has 2 aromatic rings. The second-order valence-electron chi connectivity index (χ2n) is 3.87. The van der Waals surface area contributed by atoms with Crippen LogP contribution in [0.4, 0.5) is 11.4 Å². The van der Waals surface area contributed by atoms with Gasteiger partial charge in [0.15, 0.2) is 5.15 Å². The van der Waals surface area contributed by atoms with E-state index in [1.165, 1.54) is 24.4 Å². The summed E-state index contributed by atoms with van der Waals surface area (Å²) in [5.41, 5.74) is 0.247. The molecule has 0 unspecified atom stereocenters. The van der Waals surface area contributed by atoms with Crippen LogP contribution in [0.25, 0.3) is 0 Å². The van der Waals surface area contributed by atoms with E-state index in [-0.39, 0.29) is 16.4 Å². The summed E-state index contributed by atoms with van der Waals surface area (Å²) < 4.78 is 1.07. The molecule has 1 heterocycles. The molecular formula is C12H6Br2ClN3O3. The lowest BCUT2D eigenvalue weighted by Gasteiger charge is -2.08. The highest BCUT2D eigenvalue weighted by Gasteiger charge is 2.17. The van der Waals surface area contributed by atoms with E-state index in [0.717, 1.165) is 0 Å². The van der Waals surface area contributed by atoms with E-state index in [1.807, 2.05) is 0 Å². The summed E-state index contributed by atoms with van der Waals surface area (Å²) in [7, 11) is 0. The molecule has 6 nitrogen and oxygen atoms in total. The number of non-ortho nitro benzene ring substituents is 1. The molecule has 0 aliphatic heterocycles. The van der Waals surface area contributed by atoms with Crippen molar-refractivity contribution in [3.8, 4) is 0 Å². The number of carbonyl (C=O) groups is 1. The molecule has 108 valence electrons. The number of hydrogen-bond donors (Lipinski definition) is 1. The van der Waals surface area contributed by atoms with Gasteiger partial charge in [-0.05, 0) is 44.0 Å². The number of amides is 1. The minimum atomic E-state index is -0.573. The van der Waals surface area contributed by atoms with Gasteiger partial charge in [0.05, 0.1) is 16.2 Å². The topological polar surface area (TPSA) is 85.1 Å². The molecule has 0 fully saturated rings. The van der Waals surface area contributed by atoms with E-state index in [9.17, 15) is 14.9 Å². The Balaban J connectivity index is 2.34. The van der Waals surface area contributed by atoms with Gasteiger partial charge in [-0.3, -0.25) is 14.9 Å². The van der Waals surface area contributed by atoms with Gasteiger partial charge in [0.2, 0.25) is 0 Å². The standard InChI is InChI=1S/C12H6Br2ClN3O3/c13-6-3-10(11(15)16-5-6)17-12(19)8-4-7(18(20)21)1-2-9(8)14/h1-5H,(H,17,19). The number of nitrogens with one attached hydrogen (secondary N) is 1. The van der Waals surface area contributed by atoms with Gasteiger partial charge in [0.1, 0.15) is 0 Å². The van der Waals surface area contributed by atoms with Gasteiger partial charge in [0.25, 0.3) is 11.6 Å². The number of nitro groups is 1. The Bertz CT molecular complexity index is 740. The molecule has 1 amide bonds. The molecule has 0 saturated carbocycles. The third-order valence-electron chi connectivity index (χ3n) is 2.46. The monoisotopic (exact) mass is 433 g/mol. The summed E-state index contributed by atoms with van der Waals surface area (Å²) in [5.74, 6) is -0.535. The molecule has 2 rings (SSSR count). The van der Waals surface area contributed by atoms with Crippen LogP contribution in [0.15, 0.2) is 39.4 Å². The highest BCUT2D eigenvalue weighted by molar-refractivity contribution is 9.10. The van der Waals surface area contributed by atoms with Crippen molar-refractivity contribution in [3.63, 3.8) is 0 Å². The van der Waals surface area contributed by atoms with Crippen LogP contribution in [0.3, 0.4) is 0 Å². The molecule has 0 spiro atoms. The van der Waals surface area contributed by atoms with Crippen molar-refractivity contribution in [3.05, 3.63) is 60.2 Å². The van der Waals surface area contributed by atoms with Crippen LogP contribution in [0.1, 0.15) is 10.4 Å². The van der Waals surface area contributed by atoms with Gasteiger partial charge < -0.3 is 5.32 Å². The number of anilines is 1. The van der Waals surface area contributed by atoms with Gasteiger partial charge in [-0.2, -0.15) is 0 Å². The van der Waals surface area contributed by atoms with Gasteiger partial charge >= 0.3 is 0 Å². The molecule has 0 bridgehead atoms. The maximum absolute atomic E-state index is 12.2. The van der Waals surface area contributed by atoms with Gasteiger partial charge in [-0.1, -0.05) is 11.6 Å². The van der Waals surface area contributed by atoms with Gasteiger partial charge in [-0.15, -0.1) is 0 Å². The van der Waals surface area contributed by atoms with Crippen LogP contribution >= 0.6 is 43.5 Å². The minimum absolute atomic E-state index is 0.119. The van der Waals surface area contributed by atoms with Gasteiger partial charge in [0, 0.05) is 27.3 Å². The summed E-state index contributed by atoms with van der Waals surface area (Å²) >= 11 is 12.3. The first-order chi connectivity index (χ1) is 9.88. The van der Waals surface area contributed by atoms with E-state index in [4.69, 9.17) is 11.6 Å². The van der Waals surface area contributed by atoms with Crippen LogP contribution < -0.4 is 5.32 Å². The third-order valence-corrected chi connectivity index (χ3v) is 3.89. The number of rotatable bonds is 3. The number of pyridine rings is 1. The number of benzene rings is 1. The zero-order chi connectivity index (χ0) is 15.6. The first-order valence-corrected chi connectivity index (χ1v) is 7.41. The van der Waals surface area contributed by atoms with Gasteiger partial charge in [-0.25, -0.2) is 4.98 Å². The first kappa shape index (κ1) is 15.9. The van der Waals surface area contributed by atoms with Crippen LogP contribution in [0.5, 0.6) is 0 Å². The maximum Gasteiger partial charge on any atom is 0.270 e. The van der Waals surface area contributed by atoms with Crippen LogP contribution in [-0.2, 0) is 0 Å². The summed E-state index contributed by atoms with van der Waals surface area (Å²) in [4.78, 5) is 26.3. The van der Waals surface area contributed by atoms with Crippen molar-refractivity contribution in [2.45, 2.75) is 0 Å². The van der Waals surface area contributed by atoms with Crippen LogP contribution in [0.2, 0.25) is 5.15 Å². The van der Waals surface area contributed by atoms with Crippen molar-refractivity contribution in [2.24, 2.45) is 0 Å². The van der Waals surface area contributed by atoms with E-state index < -0.39 is 10.8 Å². The molecule has 0 atom stereocenters. The van der Waals surface area contributed by atoms with Crippen molar-refractivity contribution in [1.29, 1.82) is 0 Å². The minimum Gasteiger partial charge on any atom is -0.319 e. The lowest BCUT2D eigenvalue weighted by atomic mass is 10.2. The zero-order valence-corrected chi connectivity index (χ0v) is 14.1. The largest absolute Gasteiger partial charge is 0.319 e. The molecule has 9 heteroatoms. The lowest BCUT2D eigenvalue weighted by Crippen LogP contribution is -2.13. The predicted molar refractivity (Wildman–Crippen MR) is 85.7 cm³/mol. The fourth-order valence-corrected chi connectivity index (χ4v) is 2.41. The lowest BCUT2D eigenvalue weighted by molar-refractivity contribution is -0.384. The summed E-state index contributed by atoms with van der Waals surface area (Å²) in [6.07, 6.45) is 1.49. The molecule has 0 aliphatic carbocycles. The number of halogens is 3. The summed E-state index contributed by atoms with van der Waals surface area (Å²) in [6.45, 7) is 0.